The van der Waals surface area contributed by atoms with Crippen LogP contribution in [0.5, 0.6) is 5.75 Å². The quantitative estimate of drug-likeness (QED) is 0.111. The summed E-state index contributed by atoms with van der Waals surface area (Å²) in [6.07, 6.45) is -0.714. The molecule has 8 rings (SSSR count). The van der Waals surface area contributed by atoms with Crippen LogP contribution in [0.15, 0.2) is 128 Å². The number of para-hydroxylation sites is 1. The second kappa shape index (κ2) is 16.7. The molecule has 0 saturated heterocycles. The van der Waals surface area contributed by atoms with Crippen LogP contribution in [0.25, 0.3) is 32.4 Å². The molecule has 0 fully saturated rings. The van der Waals surface area contributed by atoms with Crippen molar-refractivity contribution < 1.29 is 52.4 Å². The van der Waals surface area contributed by atoms with Crippen molar-refractivity contribution in [3.05, 3.63) is 166 Å². The average Bonchev–Trinajstić information content (AvgIpc) is 3.20. The SMILES string of the molecule is Cc1c(C(=O)O)cccc1C(=O)O.O=C(O)c1ccnc2ccccc12.O=C(c1ccc(OC(F)(F)F)cc1)C1CCCc2c1ccc1c2ccc2ccccc21. The first-order chi connectivity index (χ1) is 27.2. The van der Waals surface area contributed by atoms with E-state index < -0.39 is 24.3 Å². The van der Waals surface area contributed by atoms with Gasteiger partial charge in [-0.25, -0.2) is 14.4 Å². The van der Waals surface area contributed by atoms with Crippen molar-refractivity contribution in [3.63, 3.8) is 0 Å². The Labute approximate surface area is 323 Å². The first-order valence-corrected chi connectivity index (χ1v) is 17.7. The monoisotopic (exact) mass is 773 g/mol. The Morgan fingerprint density at radius 1 is 0.649 bits per heavy atom. The number of aromatic carboxylic acids is 3. The lowest BCUT2D eigenvalue weighted by molar-refractivity contribution is -0.274. The molecule has 0 radical (unpaired) electrons. The van der Waals surface area contributed by atoms with Gasteiger partial charge in [0, 0.05) is 23.1 Å². The number of halogens is 3. The maximum absolute atomic E-state index is 13.2. The van der Waals surface area contributed by atoms with Crippen LogP contribution in [-0.2, 0) is 6.42 Å². The van der Waals surface area contributed by atoms with Gasteiger partial charge >= 0.3 is 24.3 Å². The second-order valence-electron chi connectivity index (χ2n) is 13.2. The predicted octanol–water partition coefficient (Wildman–Crippen LogP) is 10.5. The first kappa shape index (κ1) is 39.6. The molecule has 1 aliphatic carbocycles. The molecule has 1 unspecified atom stereocenters. The molecule has 1 atom stereocenters. The lowest BCUT2D eigenvalue weighted by Gasteiger charge is -2.26. The van der Waals surface area contributed by atoms with Gasteiger partial charge in [-0.3, -0.25) is 9.78 Å². The van der Waals surface area contributed by atoms with Gasteiger partial charge in [0.15, 0.2) is 5.78 Å². The van der Waals surface area contributed by atoms with Gasteiger partial charge in [0.1, 0.15) is 5.75 Å². The van der Waals surface area contributed by atoms with E-state index in [1.54, 1.807) is 18.2 Å². The van der Waals surface area contributed by atoms with Crippen LogP contribution in [-0.4, -0.2) is 50.4 Å². The van der Waals surface area contributed by atoms with Crippen LogP contribution >= 0.6 is 0 Å². The van der Waals surface area contributed by atoms with E-state index in [4.69, 9.17) is 15.3 Å². The fraction of sp³-hybridized carbons (Fsp3) is 0.133. The van der Waals surface area contributed by atoms with E-state index in [0.29, 0.717) is 22.0 Å². The molecule has 1 aromatic heterocycles. The highest BCUT2D eigenvalue weighted by molar-refractivity contribution is 6.10. The van der Waals surface area contributed by atoms with E-state index in [0.717, 1.165) is 24.8 Å². The first-order valence-electron chi connectivity index (χ1n) is 17.7. The molecule has 0 aliphatic heterocycles. The Hall–Kier alpha value is -7.08. The van der Waals surface area contributed by atoms with Crippen LogP contribution in [0, 0.1) is 6.92 Å². The van der Waals surface area contributed by atoms with Gasteiger partial charge in [-0.2, -0.15) is 0 Å². The summed E-state index contributed by atoms with van der Waals surface area (Å²) in [6.45, 7) is 1.48. The molecular formula is C45H34F3NO8. The van der Waals surface area contributed by atoms with Gasteiger partial charge in [-0.05, 0) is 113 Å². The zero-order valence-electron chi connectivity index (χ0n) is 30.3. The number of ketones is 1. The molecule has 12 heteroatoms. The molecule has 0 saturated carbocycles. The maximum Gasteiger partial charge on any atom is 0.573 e. The summed E-state index contributed by atoms with van der Waals surface area (Å²) < 4.78 is 41.1. The van der Waals surface area contributed by atoms with Gasteiger partial charge in [-0.1, -0.05) is 72.8 Å². The third-order valence-electron chi connectivity index (χ3n) is 9.73. The van der Waals surface area contributed by atoms with Crippen molar-refractivity contribution in [1.29, 1.82) is 0 Å². The number of carboxylic acids is 3. The molecule has 0 bridgehead atoms. The van der Waals surface area contributed by atoms with E-state index >= 15 is 0 Å². The number of rotatable bonds is 6. The smallest absolute Gasteiger partial charge is 0.478 e. The van der Waals surface area contributed by atoms with Crippen molar-refractivity contribution >= 4 is 56.1 Å². The average molecular weight is 774 g/mol. The number of Topliss-reactive ketones (excluding diaryl/α,β-unsaturated/α-hetero) is 1. The summed E-state index contributed by atoms with van der Waals surface area (Å²) >= 11 is 0. The molecule has 1 aliphatic rings. The van der Waals surface area contributed by atoms with Crippen LogP contribution < -0.4 is 4.74 Å². The molecule has 0 spiro atoms. The summed E-state index contributed by atoms with van der Waals surface area (Å²) in [5.74, 6) is -3.83. The topological polar surface area (TPSA) is 151 Å². The number of aryl methyl sites for hydroxylation is 1. The third kappa shape index (κ3) is 8.91. The summed E-state index contributed by atoms with van der Waals surface area (Å²) in [5, 5.41) is 31.6. The Kier molecular flexibility index (Phi) is 11.6. The van der Waals surface area contributed by atoms with E-state index in [1.165, 1.54) is 88.8 Å². The lowest BCUT2D eigenvalue weighted by atomic mass is 9.77. The molecule has 3 N–H and O–H groups in total. The lowest BCUT2D eigenvalue weighted by Crippen LogP contribution is -2.19. The van der Waals surface area contributed by atoms with E-state index in [1.807, 2.05) is 24.3 Å². The molecule has 288 valence electrons. The normalized spacial score (nSPS) is 13.4. The van der Waals surface area contributed by atoms with Crippen molar-refractivity contribution in [2.24, 2.45) is 0 Å². The summed E-state index contributed by atoms with van der Waals surface area (Å²) in [5.41, 5.74) is 3.96. The molecule has 6 aromatic carbocycles. The minimum atomic E-state index is -4.75. The summed E-state index contributed by atoms with van der Waals surface area (Å²) in [7, 11) is 0. The molecule has 0 amide bonds. The van der Waals surface area contributed by atoms with Gasteiger partial charge < -0.3 is 20.1 Å². The zero-order chi connectivity index (χ0) is 40.9. The second-order valence-corrected chi connectivity index (χ2v) is 13.2. The number of aromatic nitrogens is 1. The Morgan fingerprint density at radius 2 is 1.26 bits per heavy atom. The number of nitrogens with zero attached hydrogens (tertiary/aromatic N) is 1. The molecule has 7 aromatic rings. The van der Waals surface area contributed by atoms with E-state index in [2.05, 4.69) is 40.1 Å². The number of alkyl halides is 3. The summed E-state index contributed by atoms with van der Waals surface area (Å²) in [4.78, 5) is 49.3. The van der Waals surface area contributed by atoms with E-state index in [-0.39, 0.29) is 34.1 Å². The largest absolute Gasteiger partial charge is 0.573 e. The minimum Gasteiger partial charge on any atom is -0.478 e. The van der Waals surface area contributed by atoms with Gasteiger partial charge in [0.05, 0.1) is 22.2 Å². The Balaban J connectivity index is 0.000000174. The van der Waals surface area contributed by atoms with Crippen molar-refractivity contribution in [2.45, 2.75) is 38.5 Å². The number of carbonyl (C=O) groups excluding carboxylic acids is 1. The fourth-order valence-electron chi connectivity index (χ4n) is 7.09. The number of hydrogen-bond donors (Lipinski definition) is 3. The Bertz CT molecular complexity index is 2620. The highest BCUT2D eigenvalue weighted by Gasteiger charge is 2.32. The van der Waals surface area contributed by atoms with Crippen LogP contribution in [0.4, 0.5) is 13.2 Å². The van der Waals surface area contributed by atoms with Gasteiger partial charge in [0.25, 0.3) is 0 Å². The standard InChI is InChI=1S/C26H19F3O2.C10H7NO2.C9H8O4/c27-26(28,29)31-18-11-8-17(9-12-18)25(30)24-7-3-6-20-22-13-10-16-4-1-2-5-19(16)21(22)14-15-23(20)24;12-10(13)8-5-6-11-9-4-2-1-3-7(8)9;1-5-6(8(10)11)3-2-4-7(5)9(12)13/h1-2,4-5,8-15,24H,3,6-7H2;1-6H,(H,12,13);2-4H,1H3,(H,10,11)(H,12,13). The third-order valence-corrected chi connectivity index (χ3v) is 9.73. The number of benzene rings is 6. The fourth-order valence-corrected chi connectivity index (χ4v) is 7.09. The number of fused-ring (bicyclic) bond motifs is 6. The molecule has 1 heterocycles. The van der Waals surface area contributed by atoms with Crippen molar-refractivity contribution in [1.82, 2.24) is 4.98 Å². The van der Waals surface area contributed by atoms with Gasteiger partial charge in [0.2, 0.25) is 0 Å². The number of carbonyl (C=O) groups is 4. The number of hydrogen-bond acceptors (Lipinski definition) is 6. The number of ether oxygens (including phenoxy) is 1. The van der Waals surface area contributed by atoms with Crippen molar-refractivity contribution in [2.75, 3.05) is 0 Å². The highest BCUT2D eigenvalue weighted by Crippen LogP contribution is 2.40. The molecular weight excluding hydrogens is 739 g/mol. The predicted molar refractivity (Wildman–Crippen MR) is 208 cm³/mol. The molecule has 57 heavy (non-hydrogen) atoms. The number of carboxylic acid groups (broad SMARTS) is 3. The minimum absolute atomic E-state index is 0.0277. The van der Waals surface area contributed by atoms with Crippen LogP contribution in [0.1, 0.15) is 76.9 Å². The van der Waals surface area contributed by atoms with Crippen LogP contribution in [0.3, 0.4) is 0 Å². The summed E-state index contributed by atoms with van der Waals surface area (Å²) in [6, 6.07) is 34.7. The van der Waals surface area contributed by atoms with Crippen molar-refractivity contribution in [3.8, 4) is 5.75 Å². The van der Waals surface area contributed by atoms with E-state index in [9.17, 15) is 32.3 Å². The highest BCUT2D eigenvalue weighted by atomic mass is 19.4. The van der Waals surface area contributed by atoms with Gasteiger partial charge in [-0.15, -0.1) is 13.2 Å². The van der Waals surface area contributed by atoms with Crippen LogP contribution in [0.2, 0.25) is 0 Å². The Morgan fingerprint density at radius 3 is 1.91 bits per heavy atom. The number of pyridine rings is 1. The maximum atomic E-state index is 13.2. The molecule has 9 nitrogen and oxygen atoms in total. The zero-order valence-corrected chi connectivity index (χ0v) is 30.3.